The Morgan fingerprint density at radius 1 is 1.17 bits per heavy atom. The van der Waals surface area contributed by atoms with Crippen LogP contribution in [0.25, 0.3) is 0 Å². The number of hydrogen-bond acceptors (Lipinski definition) is 4. The lowest BCUT2D eigenvalue weighted by Gasteiger charge is -2.10. The van der Waals surface area contributed by atoms with Crippen molar-refractivity contribution in [3.8, 4) is 0 Å². The summed E-state index contributed by atoms with van der Waals surface area (Å²) >= 11 is 6.08. The van der Waals surface area contributed by atoms with Crippen LogP contribution in [0.15, 0.2) is 42.5 Å². The molecule has 6 heteroatoms. The number of amides is 1. The Balaban J connectivity index is 1.95. The van der Waals surface area contributed by atoms with Crippen molar-refractivity contribution < 1.29 is 14.3 Å². The number of esters is 1. The van der Waals surface area contributed by atoms with Crippen LogP contribution in [-0.2, 0) is 9.53 Å². The quantitative estimate of drug-likeness (QED) is 0.822. The van der Waals surface area contributed by atoms with Crippen molar-refractivity contribution in [3.63, 3.8) is 0 Å². The molecule has 0 bridgehead atoms. The number of rotatable bonds is 5. The molecule has 0 spiro atoms. The summed E-state index contributed by atoms with van der Waals surface area (Å²) in [6, 6.07) is 12.1. The third-order valence-electron chi connectivity index (χ3n) is 3.14. The summed E-state index contributed by atoms with van der Waals surface area (Å²) in [5.74, 6) is -0.663. The molecule has 0 radical (unpaired) electrons. The molecule has 0 unspecified atom stereocenters. The van der Waals surface area contributed by atoms with Crippen molar-refractivity contribution in [3.05, 3.63) is 58.6 Å². The minimum atomic E-state index is -0.426. The Morgan fingerprint density at radius 2 is 1.96 bits per heavy atom. The lowest BCUT2D eigenvalue weighted by molar-refractivity contribution is -0.114. The number of anilines is 2. The molecule has 0 aliphatic carbocycles. The number of ether oxygens (including phenoxy) is 1. The van der Waals surface area contributed by atoms with Gasteiger partial charge in [-0.2, -0.15) is 0 Å². The predicted octanol–water partition coefficient (Wildman–Crippen LogP) is 3.49. The van der Waals surface area contributed by atoms with Crippen molar-refractivity contribution in [2.24, 2.45) is 0 Å². The van der Waals surface area contributed by atoms with Gasteiger partial charge in [-0.25, -0.2) is 4.79 Å². The van der Waals surface area contributed by atoms with Gasteiger partial charge in [0, 0.05) is 5.69 Å². The van der Waals surface area contributed by atoms with Crippen LogP contribution in [0.1, 0.15) is 15.9 Å². The van der Waals surface area contributed by atoms with E-state index >= 15 is 0 Å². The van der Waals surface area contributed by atoms with Gasteiger partial charge in [-0.1, -0.05) is 23.7 Å². The van der Waals surface area contributed by atoms with Crippen molar-refractivity contribution in [1.82, 2.24) is 0 Å². The molecule has 0 aromatic heterocycles. The fourth-order valence-electron chi connectivity index (χ4n) is 1.97. The van der Waals surface area contributed by atoms with E-state index in [4.69, 9.17) is 11.6 Å². The first kappa shape index (κ1) is 16.8. The third-order valence-corrected chi connectivity index (χ3v) is 3.45. The lowest BCUT2D eigenvalue weighted by Crippen LogP contribution is -2.22. The van der Waals surface area contributed by atoms with E-state index in [2.05, 4.69) is 15.4 Å². The molecule has 0 heterocycles. The van der Waals surface area contributed by atoms with Crippen LogP contribution >= 0.6 is 11.6 Å². The van der Waals surface area contributed by atoms with Gasteiger partial charge in [0.25, 0.3) is 0 Å². The summed E-state index contributed by atoms with van der Waals surface area (Å²) in [6.45, 7) is 1.97. The maximum atomic E-state index is 12.0. The molecule has 23 heavy (non-hydrogen) atoms. The number of methoxy groups -OCH3 is 1. The monoisotopic (exact) mass is 332 g/mol. The predicted molar refractivity (Wildman–Crippen MR) is 91.1 cm³/mol. The number of hydrogen-bond donors (Lipinski definition) is 2. The van der Waals surface area contributed by atoms with Crippen molar-refractivity contribution >= 4 is 34.9 Å². The zero-order valence-electron chi connectivity index (χ0n) is 12.9. The van der Waals surface area contributed by atoms with Crippen LogP contribution in [0, 0.1) is 6.92 Å². The zero-order chi connectivity index (χ0) is 16.8. The SMILES string of the molecule is COC(=O)c1cccc(NCC(=O)Nc2ccc(C)cc2Cl)c1. The molecular weight excluding hydrogens is 316 g/mol. The summed E-state index contributed by atoms with van der Waals surface area (Å²) in [7, 11) is 1.32. The van der Waals surface area contributed by atoms with Crippen LogP contribution in [0.5, 0.6) is 0 Å². The van der Waals surface area contributed by atoms with Crippen LogP contribution < -0.4 is 10.6 Å². The summed E-state index contributed by atoms with van der Waals surface area (Å²) in [5.41, 5.74) is 2.65. The molecule has 2 aromatic rings. The first-order valence-electron chi connectivity index (χ1n) is 6.98. The highest BCUT2D eigenvalue weighted by atomic mass is 35.5. The first-order valence-corrected chi connectivity index (χ1v) is 7.35. The molecule has 0 atom stereocenters. The standard InChI is InChI=1S/C17H17ClN2O3/c1-11-6-7-15(14(18)8-11)20-16(21)10-19-13-5-3-4-12(9-13)17(22)23-2/h3-9,19H,10H2,1-2H3,(H,20,21). The van der Waals surface area contributed by atoms with Gasteiger partial charge in [-0.15, -0.1) is 0 Å². The molecule has 0 aliphatic heterocycles. The Bertz CT molecular complexity index is 732. The van der Waals surface area contributed by atoms with Gasteiger partial charge >= 0.3 is 5.97 Å². The van der Waals surface area contributed by atoms with E-state index in [9.17, 15) is 9.59 Å². The largest absolute Gasteiger partial charge is 0.465 e. The second kappa shape index (κ2) is 7.65. The number of halogens is 1. The van der Waals surface area contributed by atoms with Gasteiger partial charge in [0.2, 0.25) is 5.91 Å². The smallest absolute Gasteiger partial charge is 0.337 e. The Hall–Kier alpha value is -2.53. The van der Waals surface area contributed by atoms with E-state index in [1.165, 1.54) is 7.11 Å². The van der Waals surface area contributed by atoms with Gasteiger partial charge in [0.1, 0.15) is 0 Å². The van der Waals surface area contributed by atoms with E-state index in [-0.39, 0.29) is 12.5 Å². The summed E-state index contributed by atoms with van der Waals surface area (Å²) in [5, 5.41) is 6.17. The molecule has 120 valence electrons. The van der Waals surface area contributed by atoms with E-state index < -0.39 is 5.97 Å². The highest BCUT2D eigenvalue weighted by molar-refractivity contribution is 6.33. The first-order chi connectivity index (χ1) is 11.0. The highest BCUT2D eigenvalue weighted by Crippen LogP contribution is 2.22. The molecule has 5 nitrogen and oxygen atoms in total. The van der Waals surface area contributed by atoms with Gasteiger partial charge < -0.3 is 15.4 Å². The van der Waals surface area contributed by atoms with Crippen LogP contribution in [-0.4, -0.2) is 25.5 Å². The number of carbonyl (C=O) groups excluding carboxylic acids is 2. The van der Waals surface area contributed by atoms with Crippen molar-refractivity contribution in [2.45, 2.75) is 6.92 Å². The zero-order valence-corrected chi connectivity index (χ0v) is 13.6. The van der Waals surface area contributed by atoms with Crippen molar-refractivity contribution in [2.75, 3.05) is 24.3 Å². The highest BCUT2D eigenvalue weighted by Gasteiger charge is 2.08. The summed E-state index contributed by atoms with van der Waals surface area (Å²) < 4.78 is 4.66. The Kier molecular flexibility index (Phi) is 5.60. The fraction of sp³-hybridized carbons (Fsp3) is 0.176. The maximum Gasteiger partial charge on any atom is 0.337 e. The Morgan fingerprint density at radius 3 is 2.65 bits per heavy atom. The van der Waals surface area contributed by atoms with Crippen molar-refractivity contribution in [1.29, 1.82) is 0 Å². The Labute approximate surface area is 139 Å². The van der Waals surface area contributed by atoms with Gasteiger partial charge in [0.05, 0.1) is 29.9 Å². The van der Waals surface area contributed by atoms with Gasteiger partial charge in [-0.05, 0) is 42.8 Å². The molecule has 0 saturated heterocycles. The average molecular weight is 333 g/mol. The minimum Gasteiger partial charge on any atom is -0.465 e. The van der Waals surface area contributed by atoms with E-state index in [1.807, 2.05) is 13.0 Å². The number of benzene rings is 2. The second-order valence-corrected chi connectivity index (χ2v) is 5.36. The average Bonchev–Trinajstić information content (AvgIpc) is 2.55. The molecule has 2 rings (SSSR count). The van der Waals surface area contributed by atoms with Gasteiger partial charge in [-0.3, -0.25) is 4.79 Å². The number of carbonyl (C=O) groups is 2. The van der Waals surface area contributed by atoms with Crippen LogP contribution in [0.4, 0.5) is 11.4 Å². The third kappa shape index (κ3) is 4.72. The topological polar surface area (TPSA) is 67.4 Å². The van der Waals surface area contributed by atoms with Crippen LogP contribution in [0.2, 0.25) is 5.02 Å². The lowest BCUT2D eigenvalue weighted by atomic mass is 10.2. The molecule has 0 saturated carbocycles. The number of nitrogens with one attached hydrogen (secondary N) is 2. The van der Waals surface area contributed by atoms with E-state index in [0.717, 1.165) is 5.56 Å². The second-order valence-electron chi connectivity index (χ2n) is 4.96. The minimum absolute atomic E-state index is 0.0504. The molecule has 0 aliphatic rings. The molecule has 0 fully saturated rings. The van der Waals surface area contributed by atoms with Crippen LogP contribution in [0.3, 0.4) is 0 Å². The maximum absolute atomic E-state index is 12.0. The van der Waals surface area contributed by atoms with E-state index in [1.54, 1.807) is 36.4 Å². The molecule has 2 aromatic carbocycles. The number of aryl methyl sites for hydroxylation is 1. The molecule has 2 N–H and O–H groups in total. The van der Waals surface area contributed by atoms with E-state index in [0.29, 0.717) is 22.0 Å². The summed E-state index contributed by atoms with van der Waals surface area (Å²) in [6.07, 6.45) is 0. The molecule has 1 amide bonds. The molecular formula is C17H17ClN2O3. The summed E-state index contributed by atoms with van der Waals surface area (Å²) in [4.78, 5) is 23.4. The van der Waals surface area contributed by atoms with Gasteiger partial charge in [0.15, 0.2) is 0 Å². The fourth-order valence-corrected chi connectivity index (χ4v) is 2.25. The normalized spacial score (nSPS) is 10.0.